The fraction of sp³-hybridized carbons (Fsp3) is 0.226. The third kappa shape index (κ3) is 3.03. The topological polar surface area (TPSA) is 27.7 Å². The van der Waals surface area contributed by atoms with Gasteiger partial charge in [0.2, 0.25) is 0 Å². The molecule has 0 radical (unpaired) electrons. The number of benzene rings is 4. The molecule has 2 atom stereocenters. The Hall–Kier alpha value is -3.72. The number of fused-ring (bicyclic) bond motifs is 4. The smallest absolute Gasteiger partial charge is 0.178 e. The second kappa shape index (κ2) is 7.66. The average molecular weight is 449 g/mol. The maximum Gasteiger partial charge on any atom is 0.178 e. The van der Waals surface area contributed by atoms with Gasteiger partial charge >= 0.3 is 0 Å². The van der Waals surface area contributed by atoms with Gasteiger partial charge in [0.25, 0.3) is 0 Å². The summed E-state index contributed by atoms with van der Waals surface area (Å²) in [5.74, 6) is 2.75. The Kier molecular flexibility index (Phi) is 4.70. The lowest BCUT2D eigenvalue weighted by atomic mass is 9.79. The molecule has 0 saturated carbocycles. The lowest BCUT2D eigenvalue weighted by Crippen LogP contribution is -2.35. The predicted molar refractivity (Wildman–Crippen MR) is 137 cm³/mol. The van der Waals surface area contributed by atoms with Crippen LogP contribution in [0.3, 0.4) is 0 Å². The number of rotatable bonds is 3. The van der Waals surface area contributed by atoms with Crippen molar-refractivity contribution in [2.75, 3.05) is 7.11 Å². The molecule has 2 aliphatic heterocycles. The Morgan fingerprint density at radius 2 is 1.76 bits per heavy atom. The number of ether oxygens (including phenoxy) is 3. The van der Waals surface area contributed by atoms with Crippen LogP contribution in [0.2, 0.25) is 0 Å². The van der Waals surface area contributed by atoms with Crippen LogP contribution in [-0.2, 0) is 12.0 Å². The van der Waals surface area contributed by atoms with Gasteiger partial charge in [0.15, 0.2) is 5.60 Å². The third-order valence-corrected chi connectivity index (χ3v) is 7.27. The third-order valence-electron chi connectivity index (χ3n) is 7.27. The van der Waals surface area contributed by atoms with E-state index in [2.05, 4.69) is 87.5 Å². The summed E-state index contributed by atoms with van der Waals surface area (Å²) < 4.78 is 18.6. The highest BCUT2D eigenvalue weighted by atomic mass is 16.5. The predicted octanol–water partition coefficient (Wildman–Crippen LogP) is 7.14. The molecule has 2 unspecified atom stereocenters. The normalized spacial score (nSPS) is 20.4. The quantitative estimate of drug-likeness (QED) is 0.333. The van der Waals surface area contributed by atoms with E-state index in [0.717, 1.165) is 45.9 Å². The van der Waals surface area contributed by atoms with Crippen LogP contribution in [0.5, 0.6) is 17.2 Å². The first-order valence-corrected chi connectivity index (χ1v) is 11.8. The second-order valence-electron chi connectivity index (χ2n) is 9.40. The molecule has 170 valence electrons. The van der Waals surface area contributed by atoms with Crippen LogP contribution in [0.1, 0.15) is 40.3 Å². The molecule has 0 N–H and O–H groups in total. The Morgan fingerprint density at radius 1 is 0.971 bits per heavy atom. The summed E-state index contributed by atoms with van der Waals surface area (Å²) in [7, 11) is 1.69. The van der Waals surface area contributed by atoms with E-state index in [1.54, 1.807) is 7.11 Å². The van der Waals surface area contributed by atoms with Gasteiger partial charge in [-0.25, -0.2) is 0 Å². The molecule has 3 heteroatoms. The molecule has 0 aromatic heterocycles. The highest BCUT2D eigenvalue weighted by Gasteiger charge is 2.40. The lowest BCUT2D eigenvalue weighted by molar-refractivity contribution is 0.160. The van der Waals surface area contributed by atoms with E-state index in [-0.39, 0.29) is 6.10 Å². The van der Waals surface area contributed by atoms with Crippen molar-refractivity contribution < 1.29 is 14.2 Å². The van der Waals surface area contributed by atoms with Gasteiger partial charge in [-0.15, -0.1) is 0 Å². The fourth-order valence-electron chi connectivity index (χ4n) is 5.53. The summed E-state index contributed by atoms with van der Waals surface area (Å²) in [6.45, 7) is 6.47. The van der Waals surface area contributed by atoms with E-state index in [9.17, 15) is 0 Å². The summed E-state index contributed by atoms with van der Waals surface area (Å²) in [4.78, 5) is 0. The van der Waals surface area contributed by atoms with E-state index < -0.39 is 5.60 Å². The minimum absolute atomic E-state index is 0.189. The molecule has 4 aromatic carbocycles. The first kappa shape index (κ1) is 20.9. The van der Waals surface area contributed by atoms with Crippen LogP contribution in [0.4, 0.5) is 0 Å². The number of hydrogen-bond acceptors (Lipinski definition) is 3. The van der Waals surface area contributed by atoms with Crippen molar-refractivity contribution in [3.8, 4) is 17.2 Å². The van der Waals surface area contributed by atoms with Crippen molar-refractivity contribution in [3.63, 3.8) is 0 Å². The highest BCUT2D eigenvalue weighted by Crippen LogP contribution is 2.48. The fourth-order valence-corrected chi connectivity index (χ4v) is 5.53. The maximum absolute atomic E-state index is 7.03. The molecular weight excluding hydrogens is 420 g/mol. The zero-order valence-corrected chi connectivity index (χ0v) is 20.0. The molecule has 0 amide bonds. The molecule has 34 heavy (non-hydrogen) atoms. The molecule has 0 bridgehead atoms. The van der Waals surface area contributed by atoms with Gasteiger partial charge in [0.05, 0.1) is 7.11 Å². The summed E-state index contributed by atoms with van der Waals surface area (Å²) in [6, 6.07) is 23.2. The standard InChI is InChI=1S/C31H28O3/c1-19-17-28(21(3)27-18-20(2)33-30(19)27)31(23-10-12-24(32-4)13-11-23)16-15-26-25-8-6-5-7-22(25)9-14-29(26)34-31/h5-17,20H,18H2,1-4H3. The Balaban J connectivity index is 1.60. The van der Waals surface area contributed by atoms with Crippen molar-refractivity contribution in [1.29, 1.82) is 0 Å². The summed E-state index contributed by atoms with van der Waals surface area (Å²) in [5.41, 5.74) is 6.26. The molecule has 2 heterocycles. The first-order chi connectivity index (χ1) is 16.5. The van der Waals surface area contributed by atoms with E-state index in [0.29, 0.717) is 0 Å². The SMILES string of the molecule is COc1ccc(C2(c3cc(C)c4c(c3C)CC(C)O4)C=Cc3c(ccc4ccccc34)O2)cc1. The van der Waals surface area contributed by atoms with Gasteiger partial charge in [0, 0.05) is 28.7 Å². The highest BCUT2D eigenvalue weighted by molar-refractivity contribution is 5.94. The van der Waals surface area contributed by atoms with Gasteiger partial charge in [-0.1, -0.05) is 42.5 Å². The monoisotopic (exact) mass is 448 g/mol. The number of aryl methyl sites for hydroxylation is 1. The zero-order valence-electron chi connectivity index (χ0n) is 20.0. The summed E-state index contributed by atoms with van der Waals surface area (Å²) in [5, 5.41) is 2.41. The van der Waals surface area contributed by atoms with Gasteiger partial charge < -0.3 is 14.2 Å². The van der Waals surface area contributed by atoms with E-state index in [1.807, 2.05) is 12.1 Å². The Morgan fingerprint density at radius 3 is 2.56 bits per heavy atom. The van der Waals surface area contributed by atoms with E-state index in [4.69, 9.17) is 14.2 Å². The van der Waals surface area contributed by atoms with Crippen molar-refractivity contribution >= 4 is 16.8 Å². The summed E-state index contributed by atoms with van der Waals surface area (Å²) >= 11 is 0. The van der Waals surface area contributed by atoms with Crippen molar-refractivity contribution in [1.82, 2.24) is 0 Å². The lowest BCUT2D eigenvalue weighted by Gasteiger charge is -2.38. The molecule has 4 aromatic rings. The average Bonchev–Trinajstić information content (AvgIpc) is 3.28. The number of hydrogen-bond donors (Lipinski definition) is 0. The second-order valence-corrected chi connectivity index (χ2v) is 9.40. The van der Waals surface area contributed by atoms with Crippen LogP contribution in [0, 0.1) is 13.8 Å². The Labute approximate surface area is 200 Å². The van der Waals surface area contributed by atoms with E-state index >= 15 is 0 Å². The van der Waals surface area contributed by atoms with Crippen molar-refractivity contribution in [2.24, 2.45) is 0 Å². The van der Waals surface area contributed by atoms with Crippen LogP contribution in [0.15, 0.2) is 72.8 Å². The summed E-state index contributed by atoms with van der Waals surface area (Å²) in [6.07, 6.45) is 5.55. The minimum Gasteiger partial charge on any atom is -0.497 e. The molecular formula is C31H28O3. The van der Waals surface area contributed by atoms with Crippen molar-refractivity contribution in [3.05, 3.63) is 106 Å². The number of methoxy groups -OCH3 is 1. The molecule has 0 aliphatic carbocycles. The van der Waals surface area contributed by atoms with Crippen LogP contribution in [-0.4, -0.2) is 13.2 Å². The molecule has 0 saturated heterocycles. The molecule has 0 spiro atoms. The van der Waals surface area contributed by atoms with Crippen LogP contribution >= 0.6 is 0 Å². The van der Waals surface area contributed by atoms with Crippen molar-refractivity contribution in [2.45, 2.75) is 38.9 Å². The zero-order chi connectivity index (χ0) is 23.4. The first-order valence-electron chi connectivity index (χ1n) is 11.8. The van der Waals surface area contributed by atoms with Crippen LogP contribution in [0.25, 0.3) is 16.8 Å². The van der Waals surface area contributed by atoms with Gasteiger partial charge in [-0.2, -0.15) is 0 Å². The van der Waals surface area contributed by atoms with Gasteiger partial charge in [0.1, 0.15) is 23.4 Å². The molecule has 0 fully saturated rings. The molecule has 6 rings (SSSR count). The Bertz CT molecular complexity index is 1450. The van der Waals surface area contributed by atoms with Gasteiger partial charge in [-0.05, 0) is 79.1 Å². The van der Waals surface area contributed by atoms with E-state index in [1.165, 1.54) is 21.9 Å². The maximum atomic E-state index is 7.03. The van der Waals surface area contributed by atoms with Gasteiger partial charge in [-0.3, -0.25) is 0 Å². The molecule has 3 nitrogen and oxygen atoms in total. The molecule has 2 aliphatic rings. The minimum atomic E-state index is -0.753. The largest absolute Gasteiger partial charge is 0.497 e. The van der Waals surface area contributed by atoms with Crippen LogP contribution < -0.4 is 14.2 Å².